The van der Waals surface area contributed by atoms with Crippen LogP contribution in [0.3, 0.4) is 0 Å². The van der Waals surface area contributed by atoms with E-state index in [4.69, 9.17) is 4.74 Å². The van der Waals surface area contributed by atoms with Crippen LogP contribution in [0, 0.1) is 0 Å². The van der Waals surface area contributed by atoms with Gasteiger partial charge in [0.2, 0.25) is 0 Å². The monoisotopic (exact) mass is 365 g/mol. The average molecular weight is 366 g/mol. The van der Waals surface area contributed by atoms with Crippen molar-refractivity contribution in [3.63, 3.8) is 0 Å². The highest BCUT2D eigenvalue weighted by Gasteiger charge is 2.07. The summed E-state index contributed by atoms with van der Waals surface area (Å²) < 4.78 is 5.63. The molecule has 2 aromatic rings. The minimum atomic E-state index is -0.550. The zero-order chi connectivity index (χ0) is 15.1. The van der Waals surface area contributed by atoms with E-state index < -0.39 is 5.97 Å². The van der Waals surface area contributed by atoms with E-state index in [1.54, 1.807) is 18.2 Å². The van der Waals surface area contributed by atoms with E-state index in [9.17, 15) is 9.59 Å². The van der Waals surface area contributed by atoms with Crippen molar-refractivity contribution in [3.8, 4) is 0 Å². The molecule has 0 aliphatic heterocycles. The summed E-state index contributed by atoms with van der Waals surface area (Å²) >= 11 is 4.83. The molecule has 0 aliphatic rings. The molecule has 0 fully saturated rings. The number of rotatable bonds is 5. The van der Waals surface area contributed by atoms with E-state index >= 15 is 0 Å². The molecule has 4 nitrogen and oxygen atoms in total. The molecule has 1 aromatic heterocycles. The highest BCUT2D eigenvalue weighted by atomic mass is 79.9. The number of ether oxygens (including phenoxy) is 1. The number of halogens is 1. The highest BCUT2D eigenvalue weighted by Crippen LogP contribution is 2.20. The van der Waals surface area contributed by atoms with E-state index in [-0.39, 0.29) is 12.5 Å². The predicted molar refractivity (Wildman–Crippen MR) is 87.1 cm³/mol. The average Bonchev–Trinajstić information content (AvgIpc) is 2.99. The van der Waals surface area contributed by atoms with Gasteiger partial charge in [0.25, 0.3) is 5.91 Å². The lowest BCUT2D eigenvalue weighted by Crippen LogP contribution is -2.20. The lowest BCUT2D eigenvalue weighted by atomic mass is 10.3. The molecule has 108 valence electrons. The van der Waals surface area contributed by atoms with Gasteiger partial charge in [0.05, 0.1) is 5.69 Å². The Bertz CT molecular complexity index is 653. The third-order valence-electron chi connectivity index (χ3n) is 2.42. The van der Waals surface area contributed by atoms with Crippen LogP contribution in [0.5, 0.6) is 0 Å². The maximum Gasteiger partial charge on any atom is 0.331 e. The predicted octanol–water partition coefficient (Wildman–Crippen LogP) is 3.71. The van der Waals surface area contributed by atoms with E-state index in [0.717, 1.165) is 9.35 Å². The van der Waals surface area contributed by atoms with E-state index in [0.29, 0.717) is 5.69 Å². The first-order chi connectivity index (χ1) is 10.1. The van der Waals surface area contributed by atoms with Crippen LogP contribution in [0.2, 0.25) is 0 Å². The van der Waals surface area contributed by atoms with Gasteiger partial charge in [0.15, 0.2) is 6.61 Å². The summed E-state index contributed by atoms with van der Waals surface area (Å²) in [6.07, 6.45) is 2.95. The molecule has 6 heteroatoms. The largest absolute Gasteiger partial charge is 0.452 e. The summed E-state index contributed by atoms with van der Waals surface area (Å²) in [6.45, 7) is -0.324. The number of anilines is 1. The van der Waals surface area contributed by atoms with E-state index in [1.807, 2.05) is 29.6 Å². The second-order valence-electron chi connectivity index (χ2n) is 3.98. The van der Waals surface area contributed by atoms with Crippen molar-refractivity contribution >= 4 is 50.9 Å². The number of amides is 1. The van der Waals surface area contributed by atoms with Gasteiger partial charge in [-0.3, -0.25) is 4.79 Å². The Morgan fingerprint density at radius 1 is 1.24 bits per heavy atom. The number of carbonyl (C=O) groups excluding carboxylic acids is 2. The molecule has 0 spiro atoms. The van der Waals surface area contributed by atoms with Crippen molar-refractivity contribution in [2.24, 2.45) is 0 Å². The molecule has 2 rings (SSSR count). The topological polar surface area (TPSA) is 55.4 Å². The Kier molecular flexibility index (Phi) is 5.71. The SMILES string of the molecule is O=C(COC(=O)/C=C/c1cccs1)Nc1ccccc1Br. The maximum absolute atomic E-state index is 11.7. The number of nitrogens with one attached hydrogen (secondary N) is 1. The van der Waals surface area contributed by atoms with Crippen LogP contribution < -0.4 is 5.32 Å². The number of benzene rings is 1. The first-order valence-corrected chi connectivity index (χ1v) is 7.75. The van der Waals surface area contributed by atoms with E-state index in [2.05, 4.69) is 21.2 Å². The van der Waals surface area contributed by atoms with Gasteiger partial charge in [0, 0.05) is 15.4 Å². The molecule has 1 N–H and O–H groups in total. The fourth-order valence-electron chi connectivity index (χ4n) is 1.47. The summed E-state index contributed by atoms with van der Waals surface area (Å²) in [4.78, 5) is 24.1. The van der Waals surface area contributed by atoms with Crippen molar-refractivity contribution in [1.82, 2.24) is 0 Å². The zero-order valence-corrected chi connectivity index (χ0v) is 13.3. The van der Waals surface area contributed by atoms with Crippen molar-refractivity contribution < 1.29 is 14.3 Å². The Balaban J connectivity index is 1.79. The molecule has 0 aliphatic carbocycles. The second-order valence-corrected chi connectivity index (χ2v) is 5.82. The summed E-state index contributed by atoms with van der Waals surface area (Å²) in [5.74, 6) is -0.939. The van der Waals surface area contributed by atoms with Crippen molar-refractivity contribution in [2.75, 3.05) is 11.9 Å². The Morgan fingerprint density at radius 3 is 2.76 bits per heavy atom. The van der Waals surface area contributed by atoms with Gasteiger partial charge in [-0.2, -0.15) is 0 Å². The zero-order valence-electron chi connectivity index (χ0n) is 10.9. The number of hydrogen-bond donors (Lipinski definition) is 1. The second kappa shape index (κ2) is 7.75. The molecule has 0 saturated heterocycles. The molecule has 0 saturated carbocycles. The van der Waals surface area contributed by atoms with Crippen LogP contribution in [0.4, 0.5) is 5.69 Å². The lowest BCUT2D eigenvalue weighted by molar-refractivity contribution is -0.142. The van der Waals surface area contributed by atoms with Crippen molar-refractivity contribution in [1.29, 1.82) is 0 Å². The molecule has 1 aromatic carbocycles. The standard InChI is InChI=1S/C15H12BrNO3S/c16-12-5-1-2-6-13(12)17-14(18)10-20-15(19)8-7-11-4-3-9-21-11/h1-9H,10H2,(H,17,18)/b8-7+. The summed E-state index contributed by atoms with van der Waals surface area (Å²) in [6, 6.07) is 11.0. The van der Waals surface area contributed by atoms with Crippen LogP contribution in [-0.4, -0.2) is 18.5 Å². The third-order valence-corrected chi connectivity index (χ3v) is 3.95. The fourth-order valence-corrected chi connectivity index (χ4v) is 2.47. The molecule has 0 radical (unpaired) electrons. The van der Waals surface area contributed by atoms with Gasteiger partial charge in [-0.25, -0.2) is 4.79 Å². The van der Waals surface area contributed by atoms with Gasteiger partial charge < -0.3 is 10.1 Å². The van der Waals surface area contributed by atoms with Crippen molar-refractivity contribution in [2.45, 2.75) is 0 Å². The molecule has 1 heterocycles. The number of carbonyl (C=O) groups is 2. The fraction of sp³-hybridized carbons (Fsp3) is 0.0667. The van der Waals surface area contributed by atoms with E-state index in [1.165, 1.54) is 17.4 Å². The molecule has 0 unspecified atom stereocenters. The maximum atomic E-state index is 11.7. The molecule has 0 bridgehead atoms. The normalized spacial score (nSPS) is 10.5. The van der Waals surface area contributed by atoms with Gasteiger partial charge in [-0.1, -0.05) is 18.2 Å². The highest BCUT2D eigenvalue weighted by molar-refractivity contribution is 9.10. The Labute approximate surface area is 134 Å². The first-order valence-electron chi connectivity index (χ1n) is 6.08. The van der Waals surface area contributed by atoms with Crippen LogP contribution in [0.15, 0.2) is 52.3 Å². The van der Waals surface area contributed by atoms with Gasteiger partial charge >= 0.3 is 5.97 Å². The minimum Gasteiger partial charge on any atom is -0.452 e. The summed E-state index contributed by atoms with van der Waals surface area (Å²) in [5, 5.41) is 4.56. The van der Waals surface area contributed by atoms with Crippen molar-refractivity contribution in [3.05, 3.63) is 57.2 Å². The van der Waals surface area contributed by atoms with Crippen LogP contribution in [0.1, 0.15) is 4.88 Å². The third kappa shape index (κ3) is 5.17. The molecule has 21 heavy (non-hydrogen) atoms. The smallest absolute Gasteiger partial charge is 0.331 e. The first kappa shape index (κ1) is 15.5. The van der Waals surface area contributed by atoms with Gasteiger partial charge in [0.1, 0.15) is 0 Å². The van der Waals surface area contributed by atoms with Gasteiger partial charge in [-0.15, -0.1) is 11.3 Å². The molecule has 0 atom stereocenters. The minimum absolute atomic E-state index is 0.324. The van der Waals surface area contributed by atoms with Gasteiger partial charge in [-0.05, 0) is 45.6 Å². The quantitative estimate of drug-likeness (QED) is 0.649. The number of hydrogen-bond acceptors (Lipinski definition) is 4. The molecular weight excluding hydrogens is 354 g/mol. The summed E-state index contributed by atoms with van der Waals surface area (Å²) in [7, 11) is 0. The Morgan fingerprint density at radius 2 is 2.05 bits per heavy atom. The number of thiophene rings is 1. The lowest BCUT2D eigenvalue weighted by Gasteiger charge is -2.06. The van der Waals surface area contributed by atoms with Crippen LogP contribution in [-0.2, 0) is 14.3 Å². The Hall–Kier alpha value is -1.92. The summed E-state index contributed by atoms with van der Waals surface area (Å²) in [5.41, 5.74) is 0.632. The number of esters is 1. The molecular formula is C15H12BrNO3S. The van der Waals surface area contributed by atoms with Crippen LogP contribution in [0.25, 0.3) is 6.08 Å². The molecule has 1 amide bonds. The van der Waals surface area contributed by atoms with Crippen LogP contribution >= 0.6 is 27.3 Å². The number of para-hydroxylation sites is 1.